The number of esters is 1. The summed E-state index contributed by atoms with van der Waals surface area (Å²) >= 11 is 3.30. The minimum absolute atomic E-state index is 0.204. The number of aliphatic carboxylic acids is 1. The molecule has 2 aliphatic heterocycles. The van der Waals surface area contributed by atoms with Gasteiger partial charge in [0.1, 0.15) is 17.7 Å². The molecule has 0 spiro atoms. The highest BCUT2D eigenvalue weighted by Gasteiger charge is 2.43. The number of ether oxygens (including phenoxy) is 1. The second-order valence-electron chi connectivity index (χ2n) is 18.3. The number of rotatable bonds is 12. The molecule has 354 valence electrons. The fraction of sp³-hybridized carbons (Fsp3) is 0.451. The van der Waals surface area contributed by atoms with Crippen molar-refractivity contribution in [3.63, 3.8) is 0 Å². The second-order valence-corrected chi connectivity index (χ2v) is 20.0. The van der Waals surface area contributed by atoms with E-state index in [9.17, 15) is 24.3 Å². The van der Waals surface area contributed by atoms with E-state index in [0.717, 1.165) is 129 Å². The Hall–Kier alpha value is -5.68. The Morgan fingerprint density at radius 1 is 0.582 bits per heavy atom. The molecular weight excluding hydrogens is 885 g/mol. The Bertz CT molecular complexity index is 2430. The van der Waals surface area contributed by atoms with E-state index in [1.165, 1.54) is 0 Å². The van der Waals surface area contributed by atoms with E-state index in [0.29, 0.717) is 36.8 Å². The number of benzene rings is 3. The summed E-state index contributed by atoms with van der Waals surface area (Å²) in [4.78, 5) is 69.9. The molecule has 4 fully saturated rings. The molecule has 0 atom stereocenters. The number of carboxylic acid groups (broad SMARTS) is 1. The number of nitrogens with one attached hydrogen (secondary N) is 2. The minimum atomic E-state index is -1.14. The topological polar surface area (TPSA) is 161 Å². The van der Waals surface area contributed by atoms with Crippen LogP contribution in [0.2, 0.25) is 0 Å². The zero-order valence-electron chi connectivity index (χ0n) is 38.6. The van der Waals surface area contributed by atoms with E-state index >= 15 is 0 Å². The van der Waals surface area contributed by atoms with Crippen LogP contribution in [0.15, 0.2) is 89.6 Å². The lowest BCUT2D eigenvalue weighted by Crippen LogP contribution is -2.56. The number of hydrogen-bond acceptors (Lipinski definition) is 13. The molecule has 2 saturated heterocycles. The van der Waals surface area contributed by atoms with Gasteiger partial charge in [0.2, 0.25) is 0 Å². The fourth-order valence-corrected chi connectivity index (χ4v) is 11.0. The van der Waals surface area contributed by atoms with Crippen molar-refractivity contribution in [1.29, 1.82) is 0 Å². The Labute approximate surface area is 401 Å². The zero-order chi connectivity index (χ0) is 46.8. The average Bonchev–Trinajstić information content (AvgIpc) is 4.07. The molecule has 2 aromatic heterocycles. The lowest BCUT2D eigenvalue weighted by atomic mass is 9.81. The van der Waals surface area contributed by atoms with Crippen molar-refractivity contribution < 1.29 is 29.0 Å². The minimum Gasteiger partial charge on any atom is -0.480 e. The van der Waals surface area contributed by atoms with Gasteiger partial charge < -0.3 is 40.1 Å². The maximum absolute atomic E-state index is 13.2. The average molecular weight is 947 g/mol. The summed E-state index contributed by atoms with van der Waals surface area (Å²) in [5, 5.41) is 21.7. The van der Waals surface area contributed by atoms with Crippen molar-refractivity contribution in [2.24, 2.45) is 0 Å². The summed E-state index contributed by atoms with van der Waals surface area (Å²) in [5.74, 6) is -1.87. The highest BCUT2D eigenvalue weighted by molar-refractivity contribution is 7.14. The predicted molar refractivity (Wildman–Crippen MR) is 265 cm³/mol. The molecule has 5 aromatic rings. The van der Waals surface area contributed by atoms with Gasteiger partial charge in [-0.25, -0.2) is 19.6 Å². The smallest absolute Gasteiger partial charge is 0.332 e. The third-order valence-electron chi connectivity index (χ3n) is 13.6. The van der Waals surface area contributed by atoms with Crippen molar-refractivity contribution in [2.45, 2.75) is 81.9 Å². The molecule has 2 aliphatic carbocycles. The molecule has 0 radical (unpaired) electrons. The van der Waals surface area contributed by atoms with Gasteiger partial charge in [-0.2, -0.15) is 0 Å². The third-order valence-corrected chi connectivity index (χ3v) is 15.4. The Morgan fingerprint density at radius 2 is 1.00 bits per heavy atom. The molecule has 16 heteroatoms. The summed E-state index contributed by atoms with van der Waals surface area (Å²) < 4.78 is 5.68. The first-order chi connectivity index (χ1) is 32.5. The van der Waals surface area contributed by atoms with Gasteiger partial charge in [-0.3, -0.25) is 9.59 Å². The first-order valence-corrected chi connectivity index (χ1v) is 25.3. The van der Waals surface area contributed by atoms with Crippen LogP contribution in [0, 0.1) is 0 Å². The predicted octanol–water partition coefficient (Wildman–Crippen LogP) is 7.82. The number of carbonyl (C=O) groups is 4. The number of nitrogens with zero attached hydrogens (tertiary/aromatic N) is 6. The molecule has 3 N–H and O–H groups in total. The highest BCUT2D eigenvalue weighted by atomic mass is 32.1. The van der Waals surface area contributed by atoms with Crippen molar-refractivity contribution in [3.8, 4) is 22.5 Å². The molecule has 0 unspecified atom stereocenters. The summed E-state index contributed by atoms with van der Waals surface area (Å²) in [6.07, 6.45) is 7.66. The van der Waals surface area contributed by atoms with E-state index in [2.05, 4.69) is 49.7 Å². The van der Waals surface area contributed by atoms with Gasteiger partial charge in [-0.15, -0.1) is 22.7 Å². The molecule has 67 heavy (non-hydrogen) atoms. The zero-order valence-corrected chi connectivity index (χ0v) is 40.2. The lowest BCUT2D eigenvalue weighted by molar-refractivity contribution is -0.154. The number of carbonyl (C=O) groups excluding carboxylic acids is 3. The summed E-state index contributed by atoms with van der Waals surface area (Å²) in [6.45, 7) is 8.29. The molecule has 0 bridgehead atoms. The lowest BCUT2D eigenvalue weighted by Gasteiger charge is -2.35. The van der Waals surface area contributed by atoms with Gasteiger partial charge in [0.15, 0.2) is 10.3 Å². The van der Waals surface area contributed by atoms with Crippen LogP contribution in [0.5, 0.6) is 0 Å². The number of hydrogen-bond donors (Lipinski definition) is 3. The SMILES string of the molecule is CN1CCN(c2nc(-c3ccc(C(=O)NC4(C(=O)O)CCCCC4)cc3)cs2)CC1.CN1CCN(c2nc(-c3ccc(C(=O)NC4(C(=O)OCc5ccccc5)CCCCC4)cc3)cs2)CC1. The van der Waals surface area contributed by atoms with E-state index in [1.54, 1.807) is 34.8 Å². The van der Waals surface area contributed by atoms with E-state index in [-0.39, 0.29) is 24.4 Å². The van der Waals surface area contributed by atoms with Gasteiger partial charge in [0.05, 0.1) is 11.4 Å². The molecule has 4 aliphatic rings. The fourth-order valence-electron chi connectivity index (χ4n) is 9.19. The molecule has 14 nitrogen and oxygen atoms in total. The maximum Gasteiger partial charge on any atom is 0.332 e. The number of thiazole rings is 2. The standard InChI is InChI=1S/C29H34N4O3S.C22H28N4O3S/c1-32-16-18-33(19-17-32)28-30-25(21-37-28)23-10-12-24(13-11-23)26(34)31-29(14-6-3-7-15-29)27(35)36-20-22-8-4-2-5-9-22;1-25-11-13-26(14-12-25)21-23-18(15-30-21)16-5-7-17(8-6-16)19(27)24-22(20(28)29)9-3-2-4-10-22/h2,4-5,8-13,21H,3,6-7,14-20H2,1H3,(H,31,34);5-8,15H,2-4,9-14H2,1H3,(H,24,27)(H,28,29). The molecule has 4 heterocycles. The number of aromatic nitrogens is 2. The number of amides is 2. The van der Waals surface area contributed by atoms with Crippen LogP contribution in [0.4, 0.5) is 10.3 Å². The van der Waals surface area contributed by atoms with Crippen molar-refractivity contribution in [2.75, 3.05) is 76.3 Å². The highest BCUT2D eigenvalue weighted by Crippen LogP contribution is 2.33. The molecule has 3 aromatic carbocycles. The number of carboxylic acids is 1. The first-order valence-electron chi connectivity index (χ1n) is 23.6. The molecule has 2 saturated carbocycles. The normalized spacial score (nSPS) is 18.5. The number of piperazine rings is 2. The Balaban J connectivity index is 0.000000186. The van der Waals surface area contributed by atoms with E-state index in [4.69, 9.17) is 14.7 Å². The summed E-state index contributed by atoms with van der Waals surface area (Å²) in [5.41, 5.74) is 3.56. The van der Waals surface area contributed by atoms with Gasteiger partial charge >= 0.3 is 11.9 Å². The van der Waals surface area contributed by atoms with Crippen molar-refractivity contribution in [1.82, 2.24) is 30.4 Å². The summed E-state index contributed by atoms with van der Waals surface area (Å²) in [6, 6.07) is 24.4. The van der Waals surface area contributed by atoms with Gasteiger partial charge in [-0.05, 0) is 69.6 Å². The van der Waals surface area contributed by atoms with Crippen molar-refractivity contribution in [3.05, 3.63) is 106 Å². The Morgan fingerprint density at radius 3 is 1.43 bits per heavy atom. The van der Waals surface area contributed by atoms with Gasteiger partial charge in [0.25, 0.3) is 11.8 Å². The van der Waals surface area contributed by atoms with Crippen LogP contribution < -0.4 is 20.4 Å². The molecule has 2 amide bonds. The quantitative estimate of drug-likeness (QED) is 0.104. The summed E-state index contributed by atoms with van der Waals surface area (Å²) in [7, 11) is 4.28. The van der Waals surface area contributed by atoms with Crippen LogP contribution in [0.25, 0.3) is 22.5 Å². The largest absolute Gasteiger partial charge is 0.480 e. The maximum atomic E-state index is 13.2. The Kier molecular flexibility index (Phi) is 15.7. The van der Waals surface area contributed by atoms with Crippen LogP contribution >= 0.6 is 22.7 Å². The van der Waals surface area contributed by atoms with Gasteiger partial charge in [0, 0.05) is 85.4 Å². The van der Waals surface area contributed by atoms with Crippen molar-refractivity contribution >= 4 is 56.7 Å². The number of anilines is 2. The van der Waals surface area contributed by atoms with E-state index in [1.807, 2.05) is 72.1 Å². The number of likely N-dealkylation sites (N-methyl/N-ethyl adjacent to an activating group) is 2. The second kappa shape index (κ2) is 22.0. The van der Waals surface area contributed by atoms with E-state index < -0.39 is 17.0 Å². The molecule has 9 rings (SSSR count). The van der Waals surface area contributed by atoms with Crippen LogP contribution in [-0.4, -0.2) is 126 Å². The first kappa shape index (κ1) is 47.8. The van der Waals surface area contributed by atoms with Crippen LogP contribution in [-0.2, 0) is 20.9 Å². The van der Waals surface area contributed by atoms with Crippen LogP contribution in [0.1, 0.15) is 90.5 Å². The van der Waals surface area contributed by atoms with Gasteiger partial charge in [-0.1, -0.05) is 93.1 Å². The molecular formula is C51H62N8O6S2. The van der Waals surface area contributed by atoms with Crippen LogP contribution in [0.3, 0.4) is 0 Å². The third kappa shape index (κ3) is 11.9. The monoisotopic (exact) mass is 946 g/mol.